The molecule has 2 N–H and O–H groups in total. The fourth-order valence-electron chi connectivity index (χ4n) is 4.87. The molecule has 38 heavy (non-hydrogen) atoms. The zero-order chi connectivity index (χ0) is 27.0. The van der Waals surface area contributed by atoms with Crippen molar-refractivity contribution in [3.63, 3.8) is 0 Å². The smallest absolute Gasteiger partial charge is 0.146 e. The van der Waals surface area contributed by atoms with Gasteiger partial charge in [0.25, 0.3) is 0 Å². The number of nitriles is 1. The maximum atomic E-state index is 9.92. The first-order valence-electron chi connectivity index (χ1n) is 12.5. The maximum Gasteiger partial charge on any atom is 0.146 e. The molecule has 0 amide bonds. The molecule has 8 nitrogen and oxygen atoms in total. The van der Waals surface area contributed by atoms with Gasteiger partial charge in [-0.15, -0.1) is 0 Å². The summed E-state index contributed by atoms with van der Waals surface area (Å²) in [5.41, 5.74) is 3.67. The van der Waals surface area contributed by atoms with E-state index >= 15 is 0 Å². The fourth-order valence-corrected chi connectivity index (χ4v) is 5.54. The van der Waals surface area contributed by atoms with Crippen molar-refractivity contribution in [2.24, 2.45) is 5.41 Å². The number of anilines is 1. The molecule has 10 heteroatoms. The van der Waals surface area contributed by atoms with Crippen LogP contribution in [0.5, 0.6) is 5.75 Å². The second-order valence-electron chi connectivity index (χ2n) is 10.5. The number of nitrogens with one attached hydrogen (secondary N) is 2. The highest BCUT2D eigenvalue weighted by atomic mass is 35.5. The van der Waals surface area contributed by atoms with Crippen molar-refractivity contribution in [2.75, 3.05) is 24.5 Å². The number of aromatic amines is 1. The molecule has 0 aliphatic carbocycles. The molecule has 1 aliphatic heterocycles. The number of pyridine rings is 2. The van der Waals surface area contributed by atoms with Crippen LogP contribution in [0.3, 0.4) is 0 Å². The van der Waals surface area contributed by atoms with Crippen LogP contribution in [-0.2, 0) is 0 Å². The molecular weight excluding hydrogens is 521 g/mol. The third-order valence-electron chi connectivity index (χ3n) is 6.79. The molecule has 4 aromatic rings. The van der Waals surface area contributed by atoms with Gasteiger partial charge in [-0.25, -0.2) is 4.98 Å². The summed E-state index contributed by atoms with van der Waals surface area (Å²) in [5, 5.41) is 22.8. The third kappa shape index (κ3) is 5.14. The standard InChI is InChI=1S/C28H29Cl2N7O/c1-16(2)34-13-28(4)14-37(15-28)27-18(9-31)7-19(10-33-27)26-21-8-20(5-6-24(21)35-36-26)38-17(3)25-22(29)11-32-12-23(25)30/h5-8,10-12,16-17,34H,13-15H2,1-4H3,(H,35,36)/t17-/m1/s1. The van der Waals surface area contributed by atoms with Gasteiger partial charge < -0.3 is 15.0 Å². The molecule has 1 aliphatic rings. The molecule has 1 fully saturated rings. The molecular formula is C28H29Cl2N7O. The van der Waals surface area contributed by atoms with Gasteiger partial charge in [0.05, 0.1) is 21.1 Å². The minimum atomic E-state index is -0.394. The van der Waals surface area contributed by atoms with Crippen molar-refractivity contribution >= 4 is 39.9 Å². The number of rotatable bonds is 8. The number of hydrogen-bond acceptors (Lipinski definition) is 7. The highest BCUT2D eigenvalue weighted by Gasteiger charge is 2.40. The lowest BCUT2D eigenvalue weighted by atomic mass is 9.81. The average molecular weight is 550 g/mol. The Morgan fingerprint density at radius 1 is 1.16 bits per heavy atom. The first kappa shape index (κ1) is 26.2. The Morgan fingerprint density at radius 3 is 2.58 bits per heavy atom. The predicted octanol–water partition coefficient (Wildman–Crippen LogP) is 6.16. The van der Waals surface area contributed by atoms with Crippen LogP contribution in [0.25, 0.3) is 22.2 Å². The SMILES string of the molecule is CC(C)NCC1(C)CN(c2ncc(-c3n[nH]c4ccc(O[C@H](C)c5c(Cl)cncc5Cl)cc34)cc2C#N)C1. The Kier molecular flexibility index (Phi) is 7.19. The summed E-state index contributed by atoms with van der Waals surface area (Å²) in [6, 6.07) is 10.3. The second-order valence-corrected chi connectivity index (χ2v) is 11.3. The van der Waals surface area contributed by atoms with Crippen LogP contribution in [0.15, 0.2) is 42.9 Å². The van der Waals surface area contributed by atoms with Crippen LogP contribution < -0.4 is 15.0 Å². The molecule has 1 atom stereocenters. The molecule has 0 saturated carbocycles. The van der Waals surface area contributed by atoms with E-state index in [9.17, 15) is 5.26 Å². The number of fused-ring (bicyclic) bond motifs is 1. The largest absolute Gasteiger partial charge is 0.486 e. The van der Waals surface area contributed by atoms with Gasteiger partial charge in [-0.2, -0.15) is 10.4 Å². The van der Waals surface area contributed by atoms with E-state index in [4.69, 9.17) is 27.9 Å². The molecule has 0 unspecified atom stereocenters. The first-order valence-corrected chi connectivity index (χ1v) is 13.3. The molecule has 0 bridgehead atoms. The van der Waals surface area contributed by atoms with Gasteiger partial charge in [-0.1, -0.05) is 44.0 Å². The van der Waals surface area contributed by atoms with Gasteiger partial charge in [0.2, 0.25) is 0 Å². The second kappa shape index (κ2) is 10.4. The van der Waals surface area contributed by atoms with E-state index in [-0.39, 0.29) is 5.41 Å². The molecule has 5 rings (SSSR count). The van der Waals surface area contributed by atoms with E-state index in [0.29, 0.717) is 44.5 Å². The Morgan fingerprint density at radius 2 is 1.89 bits per heavy atom. The topological polar surface area (TPSA) is 103 Å². The normalized spacial score (nSPS) is 15.4. The highest BCUT2D eigenvalue weighted by Crippen LogP contribution is 2.37. The number of benzene rings is 1. The predicted molar refractivity (Wildman–Crippen MR) is 151 cm³/mol. The summed E-state index contributed by atoms with van der Waals surface area (Å²) in [7, 11) is 0. The number of H-pyrrole nitrogens is 1. The van der Waals surface area contributed by atoms with Crippen LogP contribution in [0.4, 0.5) is 5.82 Å². The van der Waals surface area contributed by atoms with Crippen molar-refractivity contribution in [2.45, 2.75) is 39.8 Å². The molecule has 196 valence electrons. The third-order valence-corrected chi connectivity index (χ3v) is 7.39. The summed E-state index contributed by atoms with van der Waals surface area (Å²) < 4.78 is 6.18. The van der Waals surface area contributed by atoms with Crippen molar-refractivity contribution in [1.29, 1.82) is 5.26 Å². The molecule has 1 saturated heterocycles. The zero-order valence-corrected chi connectivity index (χ0v) is 23.2. The van der Waals surface area contributed by atoms with Crippen LogP contribution in [0, 0.1) is 16.7 Å². The minimum Gasteiger partial charge on any atom is -0.486 e. The zero-order valence-electron chi connectivity index (χ0n) is 21.7. The van der Waals surface area contributed by atoms with Crippen molar-refractivity contribution in [1.82, 2.24) is 25.5 Å². The van der Waals surface area contributed by atoms with Gasteiger partial charge in [-0.3, -0.25) is 10.1 Å². The molecule has 1 aromatic carbocycles. The summed E-state index contributed by atoms with van der Waals surface area (Å²) in [5.74, 6) is 1.35. The Balaban J connectivity index is 1.39. The van der Waals surface area contributed by atoms with E-state index in [0.717, 1.165) is 36.1 Å². The maximum absolute atomic E-state index is 9.92. The lowest BCUT2D eigenvalue weighted by Crippen LogP contribution is -2.60. The molecule has 0 radical (unpaired) electrons. The van der Waals surface area contributed by atoms with Gasteiger partial charge in [0.15, 0.2) is 0 Å². The number of nitrogens with zero attached hydrogens (tertiary/aromatic N) is 5. The van der Waals surface area contributed by atoms with E-state index in [1.54, 1.807) is 18.6 Å². The number of halogens is 2. The quantitative estimate of drug-likeness (QED) is 0.271. The summed E-state index contributed by atoms with van der Waals surface area (Å²) in [6.45, 7) is 11.1. The minimum absolute atomic E-state index is 0.161. The lowest BCUT2D eigenvalue weighted by molar-refractivity contribution is 0.225. The van der Waals surface area contributed by atoms with Crippen LogP contribution >= 0.6 is 23.2 Å². The van der Waals surface area contributed by atoms with Gasteiger partial charge in [-0.05, 0) is 31.2 Å². The van der Waals surface area contributed by atoms with Gasteiger partial charge >= 0.3 is 0 Å². The van der Waals surface area contributed by atoms with E-state index in [1.165, 1.54) is 0 Å². The molecule has 4 heterocycles. The number of aromatic nitrogens is 4. The fraction of sp³-hybridized carbons (Fsp3) is 0.357. The van der Waals surface area contributed by atoms with E-state index < -0.39 is 6.10 Å². The van der Waals surface area contributed by atoms with Gasteiger partial charge in [0.1, 0.15) is 29.4 Å². The van der Waals surface area contributed by atoms with Crippen molar-refractivity contribution in [3.05, 3.63) is 64.0 Å². The van der Waals surface area contributed by atoms with Crippen LogP contribution in [-0.4, -0.2) is 45.8 Å². The van der Waals surface area contributed by atoms with Crippen molar-refractivity contribution in [3.8, 4) is 23.1 Å². The molecule has 0 spiro atoms. The summed E-state index contributed by atoms with van der Waals surface area (Å²) in [6.07, 6.45) is 4.48. The van der Waals surface area contributed by atoms with Crippen LogP contribution in [0.1, 0.15) is 44.9 Å². The lowest BCUT2D eigenvalue weighted by Gasteiger charge is -2.49. The Hall–Kier alpha value is -3.38. The highest BCUT2D eigenvalue weighted by molar-refractivity contribution is 6.35. The monoisotopic (exact) mass is 549 g/mol. The Labute approximate surface area is 231 Å². The van der Waals surface area contributed by atoms with Crippen LogP contribution in [0.2, 0.25) is 10.0 Å². The van der Waals surface area contributed by atoms with Gasteiger partial charge in [0, 0.05) is 66.2 Å². The van der Waals surface area contributed by atoms with Crippen molar-refractivity contribution < 1.29 is 4.74 Å². The number of ether oxygens (including phenoxy) is 1. The van der Waals surface area contributed by atoms with E-state index in [1.807, 2.05) is 31.2 Å². The first-order chi connectivity index (χ1) is 18.2. The number of hydrogen-bond donors (Lipinski definition) is 2. The summed E-state index contributed by atoms with van der Waals surface area (Å²) >= 11 is 12.6. The average Bonchev–Trinajstić information content (AvgIpc) is 3.28. The molecule has 3 aromatic heterocycles. The Bertz CT molecular complexity index is 1500. The summed E-state index contributed by atoms with van der Waals surface area (Å²) in [4.78, 5) is 10.9. The van der Waals surface area contributed by atoms with E-state index in [2.05, 4.69) is 57.2 Å².